The van der Waals surface area contributed by atoms with E-state index in [4.69, 9.17) is 4.74 Å². The Morgan fingerprint density at radius 2 is 0.829 bits per heavy atom. The van der Waals surface area contributed by atoms with Gasteiger partial charge in [-0.1, -0.05) is 36.4 Å². The third-order valence-electron chi connectivity index (χ3n) is 8.70. The molecule has 35 heavy (non-hydrogen) atoms. The van der Waals surface area contributed by atoms with Crippen molar-refractivity contribution in [3.63, 3.8) is 0 Å². The maximum absolute atomic E-state index is 6.13. The fraction of sp³-hybridized carbons (Fsp3) is 0.625. The number of rotatable bonds is 12. The number of ether oxygens (including phenoxy) is 1. The van der Waals surface area contributed by atoms with E-state index in [-0.39, 0.29) is 0 Å². The largest absolute Gasteiger partial charge is 0.381 e. The van der Waals surface area contributed by atoms with Gasteiger partial charge in [-0.05, 0) is 101 Å². The highest BCUT2D eigenvalue weighted by Gasteiger charge is 2.31. The van der Waals surface area contributed by atoms with E-state index in [0.717, 1.165) is 13.2 Å². The van der Waals surface area contributed by atoms with Gasteiger partial charge in [-0.3, -0.25) is 8.97 Å². The summed E-state index contributed by atoms with van der Waals surface area (Å²) in [6.45, 7) is 9.63. The quantitative estimate of drug-likeness (QED) is 0.224. The maximum Gasteiger partial charge on any atom is 0.132 e. The molecule has 192 valence electrons. The molecule has 2 aromatic carbocycles. The number of quaternary nitrogens is 2. The minimum absolute atomic E-state index is 0.924. The van der Waals surface area contributed by atoms with Gasteiger partial charge in [-0.2, -0.15) is 0 Å². The molecule has 0 spiro atoms. The predicted octanol–water partition coefficient (Wildman–Crippen LogP) is 7.73. The molecule has 0 bridgehead atoms. The maximum atomic E-state index is 6.13. The molecule has 0 radical (unpaired) electrons. The Morgan fingerprint density at radius 3 is 1.20 bits per heavy atom. The van der Waals surface area contributed by atoms with E-state index in [0.29, 0.717) is 0 Å². The fourth-order valence-corrected chi connectivity index (χ4v) is 6.64. The summed E-state index contributed by atoms with van der Waals surface area (Å²) in [5, 5.41) is 0. The summed E-state index contributed by atoms with van der Waals surface area (Å²) >= 11 is 0. The second-order valence-corrected chi connectivity index (χ2v) is 11.2. The average Bonchev–Trinajstić information content (AvgIpc) is 3.31. The molecule has 2 aliphatic heterocycles. The minimum Gasteiger partial charge on any atom is -0.381 e. The van der Waals surface area contributed by atoms with Gasteiger partial charge >= 0.3 is 0 Å². The first-order chi connectivity index (χ1) is 17.3. The first-order valence-electron chi connectivity index (χ1n) is 14.7. The molecule has 0 N–H and O–H groups in total. The van der Waals surface area contributed by atoms with Crippen molar-refractivity contribution in [2.24, 2.45) is 0 Å². The van der Waals surface area contributed by atoms with Crippen LogP contribution in [-0.2, 0) is 4.74 Å². The Kier molecular flexibility index (Phi) is 10.7. The predicted molar refractivity (Wildman–Crippen MR) is 152 cm³/mol. The van der Waals surface area contributed by atoms with E-state index in [9.17, 15) is 0 Å². The van der Waals surface area contributed by atoms with Gasteiger partial charge in [0, 0.05) is 13.2 Å². The highest BCUT2D eigenvalue weighted by Crippen LogP contribution is 2.30. The Morgan fingerprint density at radius 1 is 0.457 bits per heavy atom. The van der Waals surface area contributed by atoms with E-state index in [2.05, 4.69) is 60.7 Å². The molecule has 2 aromatic rings. The van der Waals surface area contributed by atoms with E-state index in [1.54, 1.807) is 0 Å². The lowest BCUT2D eigenvalue weighted by Crippen LogP contribution is -2.50. The van der Waals surface area contributed by atoms with Gasteiger partial charge < -0.3 is 4.74 Å². The van der Waals surface area contributed by atoms with Crippen molar-refractivity contribution >= 4 is 11.4 Å². The van der Waals surface area contributed by atoms with Gasteiger partial charge in [0.2, 0.25) is 0 Å². The van der Waals surface area contributed by atoms with E-state index < -0.39 is 0 Å². The fourth-order valence-electron chi connectivity index (χ4n) is 6.64. The van der Waals surface area contributed by atoms with Crippen LogP contribution in [0.1, 0.15) is 77.0 Å². The minimum atomic E-state index is 0.924. The van der Waals surface area contributed by atoms with Crippen LogP contribution in [0.4, 0.5) is 11.4 Å². The zero-order chi connectivity index (χ0) is 24.1. The van der Waals surface area contributed by atoms with Crippen molar-refractivity contribution in [1.82, 2.24) is 8.97 Å². The molecule has 0 amide bonds. The molecule has 0 atom stereocenters. The normalized spacial score (nSPS) is 20.1. The van der Waals surface area contributed by atoms with Crippen LogP contribution in [-0.4, -0.2) is 52.5 Å². The number of likely N-dealkylation sites (tertiary alicyclic amines) is 2. The Balaban J connectivity index is 1.16. The topological polar surface area (TPSA) is 9.23 Å². The molecule has 0 unspecified atom stereocenters. The third-order valence-corrected chi connectivity index (χ3v) is 8.70. The highest BCUT2D eigenvalue weighted by atomic mass is 16.5. The molecule has 2 aliphatic rings. The van der Waals surface area contributed by atoms with Crippen molar-refractivity contribution in [1.29, 1.82) is 0 Å². The van der Waals surface area contributed by atoms with Crippen LogP contribution in [0.2, 0.25) is 0 Å². The van der Waals surface area contributed by atoms with Gasteiger partial charge in [0.15, 0.2) is 0 Å². The van der Waals surface area contributed by atoms with Gasteiger partial charge in [0.05, 0.1) is 39.3 Å². The van der Waals surface area contributed by atoms with Crippen LogP contribution in [0.15, 0.2) is 60.7 Å². The molecule has 2 heterocycles. The molecule has 3 heteroatoms. The third kappa shape index (κ3) is 7.65. The Bertz CT molecular complexity index is 736. The second-order valence-electron chi connectivity index (χ2n) is 11.2. The van der Waals surface area contributed by atoms with Crippen molar-refractivity contribution in [3.8, 4) is 0 Å². The lowest BCUT2D eigenvalue weighted by molar-refractivity contribution is 0.120. The summed E-state index contributed by atoms with van der Waals surface area (Å²) in [4.78, 5) is 0. The van der Waals surface area contributed by atoms with Crippen LogP contribution < -0.4 is 8.97 Å². The van der Waals surface area contributed by atoms with Crippen LogP contribution >= 0.6 is 0 Å². The summed E-state index contributed by atoms with van der Waals surface area (Å²) < 4.78 is 8.51. The van der Waals surface area contributed by atoms with E-state index >= 15 is 0 Å². The number of unbranched alkanes of at least 4 members (excludes halogenated alkanes) is 2. The van der Waals surface area contributed by atoms with Gasteiger partial charge in [-0.15, -0.1) is 0 Å². The molecular weight excluding hydrogens is 428 g/mol. The number of nitrogens with zero attached hydrogens (tertiary/aromatic N) is 2. The Labute approximate surface area is 215 Å². The molecule has 4 rings (SSSR count). The number of hydrogen-bond donors (Lipinski definition) is 0. The smallest absolute Gasteiger partial charge is 0.132 e. The molecule has 2 fully saturated rings. The second kappa shape index (κ2) is 14.2. The van der Waals surface area contributed by atoms with Crippen LogP contribution in [0, 0.1) is 0 Å². The number of hydrogen-bond acceptors (Lipinski definition) is 1. The van der Waals surface area contributed by atoms with Crippen LogP contribution in [0.25, 0.3) is 0 Å². The first-order valence-corrected chi connectivity index (χ1v) is 14.7. The summed E-state index contributed by atoms with van der Waals surface area (Å²) in [7, 11) is 0. The molecule has 0 saturated carbocycles. The number of benzene rings is 2. The summed E-state index contributed by atoms with van der Waals surface area (Å²) in [6, 6.07) is 22.6. The monoisotopic (exact) mass is 478 g/mol. The van der Waals surface area contributed by atoms with Gasteiger partial charge in [0.25, 0.3) is 0 Å². The SMILES string of the molecule is c1ccc([N+]2(CCCCOCCCC[N+]3(c4ccccc4)CCCCCC3)CCCCCC2)cc1. The lowest BCUT2D eigenvalue weighted by Gasteiger charge is -2.37. The highest BCUT2D eigenvalue weighted by molar-refractivity contribution is 5.43. The van der Waals surface area contributed by atoms with Crippen molar-refractivity contribution < 1.29 is 4.74 Å². The molecule has 2 saturated heterocycles. The molecular formula is C32H50N2O+2. The van der Waals surface area contributed by atoms with E-state index in [1.807, 2.05) is 0 Å². The standard InChI is InChI=1S/C32H50N2O/c1-2-12-24-33(23-11-1,31-19-7-5-8-20-31)27-15-17-29-35-30-18-16-28-34(25-13-3-4-14-26-34)32-21-9-6-10-22-32/h5-10,19-22H,1-4,11-18,23-30H2/q+2. The van der Waals surface area contributed by atoms with Crippen molar-refractivity contribution in [3.05, 3.63) is 60.7 Å². The zero-order valence-corrected chi connectivity index (χ0v) is 22.2. The lowest BCUT2D eigenvalue weighted by atomic mass is 10.1. The van der Waals surface area contributed by atoms with Gasteiger partial charge in [-0.25, -0.2) is 0 Å². The molecule has 0 aromatic heterocycles. The molecule has 3 nitrogen and oxygen atoms in total. The zero-order valence-electron chi connectivity index (χ0n) is 22.2. The number of para-hydroxylation sites is 2. The summed E-state index contributed by atoms with van der Waals surface area (Å²) in [5.41, 5.74) is 3.05. The molecule has 0 aliphatic carbocycles. The van der Waals surface area contributed by atoms with E-state index in [1.165, 1.54) is 137 Å². The van der Waals surface area contributed by atoms with Crippen LogP contribution in [0.5, 0.6) is 0 Å². The van der Waals surface area contributed by atoms with Gasteiger partial charge in [0.1, 0.15) is 11.4 Å². The Hall–Kier alpha value is -1.68. The van der Waals surface area contributed by atoms with Crippen molar-refractivity contribution in [2.45, 2.75) is 77.0 Å². The summed E-state index contributed by atoms with van der Waals surface area (Å²) in [6.07, 6.45) is 16.0. The summed E-state index contributed by atoms with van der Waals surface area (Å²) in [5.74, 6) is 0. The average molecular weight is 479 g/mol. The van der Waals surface area contributed by atoms with Crippen LogP contribution in [0.3, 0.4) is 0 Å². The first kappa shape index (κ1) is 26.4. The van der Waals surface area contributed by atoms with Crippen molar-refractivity contribution in [2.75, 3.05) is 52.5 Å².